The molecular weight excluding hydrogens is 466 g/mol. The topological polar surface area (TPSA) is 76.2 Å². The third-order valence-electron chi connectivity index (χ3n) is 5.73. The molecule has 1 amide bonds. The Labute approximate surface area is 199 Å². The second kappa shape index (κ2) is 10.7. The average molecular weight is 497 g/mol. The first-order chi connectivity index (χ1) is 16.1. The summed E-state index contributed by atoms with van der Waals surface area (Å²) in [5.41, 5.74) is 2.26. The molecule has 0 bridgehead atoms. The number of aryl methyl sites for hydroxylation is 2. The highest BCUT2D eigenvalue weighted by atomic mass is 32.2. The van der Waals surface area contributed by atoms with E-state index >= 15 is 0 Å². The van der Waals surface area contributed by atoms with Crippen LogP contribution in [0.2, 0.25) is 0 Å². The molecule has 7 nitrogen and oxygen atoms in total. The van der Waals surface area contributed by atoms with Gasteiger partial charge < -0.3 is 14.4 Å². The van der Waals surface area contributed by atoms with Crippen molar-refractivity contribution < 1.29 is 31.5 Å². The number of carbonyl (C=O) groups excluding carboxylic acids is 1. The van der Waals surface area contributed by atoms with Crippen LogP contribution in [0.1, 0.15) is 34.8 Å². The molecule has 0 saturated carbocycles. The number of anilines is 1. The van der Waals surface area contributed by atoms with Gasteiger partial charge in [-0.2, -0.15) is 8.78 Å². The molecule has 1 aliphatic rings. The van der Waals surface area contributed by atoms with Crippen molar-refractivity contribution in [1.82, 2.24) is 4.90 Å². The molecule has 0 unspecified atom stereocenters. The summed E-state index contributed by atoms with van der Waals surface area (Å²) in [6.45, 7) is 2.72. The molecule has 0 aliphatic carbocycles. The Morgan fingerprint density at radius 3 is 2.50 bits per heavy atom. The molecule has 34 heavy (non-hydrogen) atoms. The number of rotatable bonds is 9. The van der Waals surface area contributed by atoms with Crippen LogP contribution in [0.25, 0.3) is 0 Å². The molecule has 186 valence electrons. The van der Waals surface area contributed by atoms with Crippen molar-refractivity contribution in [3.05, 3.63) is 59.2 Å². The number of amides is 1. The summed E-state index contributed by atoms with van der Waals surface area (Å²) in [5.74, 6) is -0.327. The summed E-state index contributed by atoms with van der Waals surface area (Å²) in [4.78, 5) is 14.8. The number of nitrogens with zero attached hydrogens (tertiary/aromatic N) is 2. The number of sulfonamides is 1. The van der Waals surface area contributed by atoms with Crippen LogP contribution in [0.4, 0.5) is 14.5 Å². The van der Waals surface area contributed by atoms with Crippen LogP contribution >= 0.6 is 0 Å². The SMILES string of the molecule is CCCS(=O)(=O)N(c1cccc(O[C@@H]2CN(C(=O)c3cc(C)ccc3C)C[C@H]2OC)c1)C(F)F. The first-order valence-electron chi connectivity index (χ1n) is 11.0. The summed E-state index contributed by atoms with van der Waals surface area (Å²) in [7, 11) is -2.68. The Balaban J connectivity index is 1.81. The third kappa shape index (κ3) is 5.67. The van der Waals surface area contributed by atoms with Crippen molar-refractivity contribution in [2.45, 2.75) is 45.9 Å². The van der Waals surface area contributed by atoms with E-state index in [1.165, 1.54) is 25.3 Å². The van der Waals surface area contributed by atoms with E-state index < -0.39 is 34.5 Å². The smallest absolute Gasteiger partial charge is 0.327 e. The molecule has 0 aromatic heterocycles. The van der Waals surface area contributed by atoms with Crippen molar-refractivity contribution in [1.29, 1.82) is 0 Å². The number of halogens is 2. The average Bonchev–Trinajstić information content (AvgIpc) is 3.17. The fourth-order valence-corrected chi connectivity index (χ4v) is 5.40. The maximum Gasteiger partial charge on any atom is 0.327 e. The molecule has 0 radical (unpaired) electrons. The Morgan fingerprint density at radius 1 is 1.15 bits per heavy atom. The molecule has 1 aliphatic heterocycles. The number of methoxy groups -OCH3 is 1. The lowest BCUT2D eigenvalue weighted by Crippen LogP contribution is -2.37. The van der Waals surface area contributed by atoms with Gasteiger partial charge in [-0.3, -0.25) is 4.79 Å². The van der Waals surface area contributed by atoms with Gasteiger partial charge in [0.05, 0.1) is 24.5 Å². The van der Waals surface area contributed by atoms with Crippen LogP contribution in [-0.4, -0.2) is 63.9 Å². The normalized spacial score (nSPS) is 18.4. The number of ether oxygens (including phenoxy) is 2. The summed E-state index contributed by atoms with van der Waals surface area (Å²) in [6, 6.07) is 11.3. The van der Waals surface area contributed by atoms with Crippen molar-refractivity contribution in [2.24, 2.45) is 0 Å². The summed E-state index contributed by atoms with van der Waals surface area (Å²) in [5, 5.41) is 0. The zero-order chi connectivity index (χ0) is 25.0. The largest absolute Gasteiger partial charge is 0.486 e. The number of hydrogen-bond acceptors (Lipinski definition) is 5. The van der Waals surface area contributed by atoms with Gasteiger partial charge in [-0.1, -0.05) is 30.7 Å². The minimum Gasteiger partial charge on any atom is -0.486 e. The Hall–Kier alpha value is -2.72. The Bertz CT molecular complexity index is 1130. The zero-order valence-corrected chi connectivity index (χ0v) is 20.5. The molecule has 2 aromatic carbocycles. The van der Waals surface area contributed by atoms with Crippen LogP contribution in [0.15, 0.2) is 42.5 Å². The number of alkyl halides is 2. The number of benzene rings is 2. The number of hydrogen-bond donors (Lipinski definition) is 0. The van der Waals surface area contributed by atoms with Gasteiger partial charge in [0.1, 0.15) is 18.0 Å². The third-order valence-corrected chi connectivity index (χ3v) is 7.62. The van der Waals surface area contributed by atoms with E-state index in [-0.39, 0.29) is 34.6 Å². The van der Waals surface area contributed by atoms with Gasteiger partial charge in [-0.05, 0) is 44.0 Å². The molecule has 0 N–H and O–H groups in total. The van der Waals surface area contributed by atoms with Gasteiger partial charge in [-0.25, -0.2) is 12.7 Å². The maximum absolute atomic E-state index is 13.7. The highest BCUT2D eigenvalue weighted by molar-refractivity contribution is 7.92. The van der Waals surface area contributed by atoms with E-state index in [4.69, 9.17) is 9.47 Å². The number of likely N-dealkylation sites (tertiary alicyclic amines) is 1. The molecule has 1 saturated heterocycles. The molecule has 2 aromatic rings. The fourth-order valence-electron chi connectivity index (χ4n) is 4.01. The van der Waals surface area contributed by atoms with Crippen molar-refractivity contribution in [3.63, 3.8) is 0 Å². The van der Waals surface area contributed by atoms with E-state index in [1.807, 2.05) is 32.0 Å². The standard InChI is InChI=1S/C24H30F2N2O5S/c1-5-11-34(30,31)28(24(25)26)18-7-6-8-19(13-18)33-22-15-27(14-21(22)32-4)23(29)20-12-16(2)9-10-17(20)3/h6-10,12-13,21-22,24H,5,11,14-15H2,1-4H3/t21-,22-/m1/s1. The van der Waals surface area contributed by atoms with Crippen molar-refractivity contribution in [2.75, 3.05) is 30.3 Å². The van der Waals surface area contributed by atoms with Crippen LogP contribution in [-0.2, 0) is 14.8 Å². The van der Waals surface area contributed by atoms with Crippen LogP contribution in [0.5, 0.6) is 5.75 Å². The van der Waals surface area contributed by atoms with Crippen LogP contribution < -0.4 is 9.04 Å². The molecule has 1 heterocycles. The van der Waals surface area contributed by atoms with Gasteiger partial charge in [0.25, 0.3) is 5.91 Å². The van der Waals surface area contributed by atoms with Crippen molar-refractivity contribution in [3.8, 4) is 5.75 Å². The van der Waals surface area contributed by atoms with Gasteiger partial charge >= 0.3 is 6.55 Å². The van der Waals surface area contributed by atoms with E-state index in [0.717, 1.165) is 11.1 Å². The monoisotopic (exact) mass is 496 g/mol. The van der Waals surface area contributed by atoms with Crippen LogP contribution in [0, 0.1) is 13.8 Å². The second-order valence-electron chi connectivity index (χ2n) is 8.35. The molecule has 3 rings (SSSR count). The van der Waals surface area contributed by atoms with Gasteiger partial charge in [0.2, 0.25) is 10.0 Å². The lowest BCUT2D eigenvalue weighted by atomic mass is 10.0. The number of carbonyl (C=O) groups is 1. The summed E-state index contributed by atoms with van der Waals surface area (Å²) >= 11 is 0. The van der Waals surface area contributed by atoms with E-state index in [0.29, 0.717) is 12.1 Å². The molecule has 0 spiro atoms. The highest BCUT2D eigenvalue weighted by Gasteiger charge is 2.38. The quantitative estimate of drug-likeness (QED) is 0.491. The first-order valence-corrected chi connectivity index (χ1v) is 12.6. The Morgan fingerprint density at radius 2 is 1.85 bits per heavy atom. The first kappa shape index (κ1) is 25.9. The van der Waals surface area contributed by atoms with Gasteiger partial charge in [-0.15, -0.1) is 0 Å². The summed E-state index contributed by atoms with van der Waals surface area (Å²) < 4.78 is 63.7. The van der Waals surface area contributed by atoms with Gasteiger partial charge in [0.15, 0.2) is 0 Å². The van der Waals surface area contributed by atoms with Gasteiger partial charge in [0, 0.05) is 18.7 Å². The van der Waals surface area contributed by atoms with E-state index in [2.05, 4.69) is 0 Å². The maximum atomic E-state index is 13.7. The minimum absolute atomic E-state index is 0.113. The van der Waals surface area contributed by atoms with Crippen LogP contribution in [0.3, 0.4) is 0 Å². The second-order valence-corrected chi connectivity index (χ2v) is 10.3. The minimum atomic E-state index is -4.19. The lowest BCUT2D eigenvalue weighted by molar-refractivity contribution is 0.0339. The van der Waals surface area contributed by atoms with E-state index in [1.54, 1.807) is 17.9 Å². The fraction of sp³-hybridized carbons (Fsp3) is 0.458. The lowest BCUT2D eigenvalue weighted by Gasteiger charge is -2.24. The zero-order valence-electron chi connectivity index (χ0n) is 19.7. The van der Waals surface area contributed by atoms with E-state index in [9.17, 15) is 22.0 Å². The Kier molecular flexibility index (Phi) is 8.14. The molecule has 2 atom stereocenters. The molecule has 1 fully saturated rings. The highest BCUT2D eigenvalue weighted by Crippen LogP contribution is 2.29. The molecular formula is C24H30F2N2O5S. The van der Waals surface area contributed by atoms with Crippen molar-refractivity contribution >= 4 is 21.6 Å². The predicted octanol–water partition coefficient (Wildman–Crippen LogP) is 3.99. The molecule has 10 heteroatoms. The summed E-state index contributed by atoms with van der Waals surface area (Å²) in [6.07, 6.45) is -0.779. The predicted molar refractivity (Wildman–Crippen MR) is 126 cm³/mol.